The molecule has 0 unspecified atom stereocenters. The van der Waals surface area contributed by atoms with E-state index >= 15 is 0 Å². The van der Waals surface area contributed by atoms with E-state index in [0.717, 1.165) is 28.7 Å². The van der Waals surface area contributed by atoms with E-state index < -0.39 is 0 Å². The molecule has 118 valence electrons. The summed E-state index contributed by atoms with van der Waals surface area (Å²) < 4.78 is 10.4. The van der Waals surface area contributed by atoms with E-state index in [-0.39, 0.29) is 5.60 Å². The van der Waals surface area contributed by atoms with Crippen molar-refractivity contribution in [2.24, 2.45) is 0 Å². The van der Waals surface area contributed by atoms with Crippen molar-refractivity contribution in [2.75, 3.05) is 0 Å². The van der Waals surface area contributed by atoms with Crippen LogP contribution in [-0.4, -0.2) is 34.8 Å². The smallest absolute Gasteiger partial charge is 0.257 e. The van der Waals surface area contributed by atoms with Crippen LogP contribution in [0.25, 0.3) is 21.6 Å². The van der Waals surface area contributed by atoms with E-state index in [9.17, 15) is 0 Å². The first kappa shape index (κ1) is 13.6. The van der Waals surface area contributed by atoms with Gasteiger partial charge in [-0.05, 0) is 31.1 Å². The Morgan fingerprint density at radius 2 is 2.39 bits per heavy atom. The number of hydrogen-bond donors (Lipinski definition) is 1. The molecule has 1 aliphatic rings. The van der Waals surface area contributed by atoms with E-state index in [2.05, 4.69) is 34.1 Å². The lowest BCUT2D eigenvalue weighted by atomic mass is 9.90. The molecular weight excluding hydrogens is 332 g/mol. The summed E-state index contributed by atoms with van der Waals surface area (Å²) in [5.41, 5.74) is 2.01. The molecule has 0 spiro atoms. The van der Waals surface area contributed by atoms with Crippen molar-refractivity contribution in [3.8, 4) is 0 Å². The third-order valence-corrected chi connectivity index (χ3v) is 6.21. The number of aromatic amines is 1. The quantitative estimate of drug-likeness (QED) is 0.537. The van der Waals surface area contributed by atoms with Crippen molar-refractivity contribution in [3.05, 3.63) is 21.5 Å². The van der Waals surface area contributed by atoms with E-state index in [1.165, 1.54) is 10.4 Å². The maximum Gasteiger partial charge on any atom is 0.257 e. The molecule has 0 bridgehead atoms. The predicted octanol–water partition coefficient (Wildman–Crippen LogP) is 2.89. The molecule has 4 aromatic heterocycles. The lowest BCUT2D eigenvalue weighted by molar-refractivity contribution is -0.0542. The Hall–Kier alpha value is -1.84. The fraction of sp³-hybridized carbons (Fsp3) is 0.429. The molecule has 0 radical (unpaired) electrons. The van der Waals surface area contributed by atoms with Crippen LogP contribution in [0.3, 0.4) is 0 Å². The van der Waals surface area contributed by atoms with E-state index in [1.807, 2.05) is 4.40 Å². The third kappa shape index (κ3) is 1.67. The summed E-state index contributed by atoms with van der Waals surface area (Å²) in [4.78, 5) is 6.78. The first-order valence-electron chi connectivity index (χ1n) is 7.48. The summed E-state index contributed by atoms with van der Waals surface area (Å²) in [7, 11) is 0. The average molecular weight is 346 g/mol. The summed E-state index contributed by atoms with van der Waals surface area (Å²) in [6.45, 7) is 4.96. The van der Waals surface area contributed by atoms with Gasteiger partial charge in [-0.1, -0.05) is 6.92 Å². The molecule has 7 nitrogen and oxygen atoms in total. The van der Waals surface area contributed by atoms with Crippen LogP contribution in [0.5, 0.6) is 0 Å². The second-order valence-corrected chi connectivity index (χ2v) is 7.58. The summed E-state index contributed by atoms with van der Waals surface area (Å²) in [6, 6.07) is 0. The SMILES string of the molecule is CC[C@]1(C)Cc2c(sc3c2c2ncnn2c2n[nH]c(=S)n32)CO1. The molecule has 0 aliphatic carbocycles. The summed E-state index contributed by atoms with van der Waals surface area (Å²) in [6.07, 6.45) is 3.41. The standard InChI is InChI=1S/C14H14N6OS2/c1-3-14(2)4-7-8(5-21-14)23-11-9(7)10-15-6-16-20(10)12-17-18-13(22)19(11)12/h6H,3-5H2,1-2H3,(H,18,22)/t14-/m1/s1. The molecule has 5 heterocycles. The zero-order chi connectivity index (χ0) is 15.8. The number of fused-ring (bicyclic) bond motifs is 8. The lowest BCUT2D eigenvalue weighted by Gasteiger charge is -2.32. The van der Waals surface area contributed by atoms with E-state index in [1.54, 1.807) is 22.2 Å². The van der Waals surface area contributed by atoms with Gasteiger partial charge >= 0.3 is 0 Å². The Labute approximate surface area is 139 Å². The Morgan fingerprint density at radius 1 is 1.52 bits per heavy atom. The van der Waals surface area contributed by atoms with Gasteiger partial charge in [0.2, 0.25) is 4.77 Å². The second-order valence-electron chi connectivity index (χ2n) is 6.11. The molecular formula is C14H14N6OS2. The number of nitrogens with one attached hydrogen (secondary N) is 1. The highest BCUT2D eigenvalue weighted by Gasteiger charge is 2.33. The Bertz CT molecular complexity index is 1140. The van der Waals surface area contributed by atoms with Crippen molar-refractivity contribution in [2.45, 2.75) is 38.9 Å². The molecule has 0 saturated carbocycles. The number of hydrogen-bond acceptors (Lipinski definition) is 6. The van der Waals surface area contributed by atoms with Gasteiger partial charge in [0.1, 0.15) is 11.2 Å². The molecule has 9 heteroatoms. The Balaban J connectivity index is 1.99. The van der Waals surface area contributed by atoms with Gasteiger partial charge in [0.25, 0.3) is 5.78 Å². The summed E-state index contributed by atoms with van der Waals surface area (Å²) in [5, 5.41) is 12.6. The highest BCUT2D eigenvalue weighted by atomic mass is 32.1. The number of thiophene rings is 1. The van der Waals surface area contributed by atoms with E-state index in [4.69, 9.17) is 17.0 Å². The predicted molar refractivity (Wildman–Crippen MR) is 89.5 cm³/mol. The second kappa shape index (κ2) is 4.37. The minimum absolute atomic E-state index is 0.134. The summed E-state index contributed by atoms with van der Waals surface area (Å²) >= 11 is 7.13. The average Bonchev–Trinajstić information content (AvgIpc) is 3.23. The molecule has 1 aliphatic heterocycles. The van der Waals surface area contributed by atoms with Gasteiger partial charge in [-0.3, -0.25) is 0 Å². The number of ether oxygens (including phenoxy) is 1. The van der Waals surface area contributed by atoms with Gasteiger partial charge in [-0.2, -0.15) is 9.61 Å². The number of aromatic nitrogens is 6. The molecule has 5 rings (SSSR count). The van der Waals surface area contributed by atoms with Crippen LogP contribution < -0.4 is 0 Å². The Morgan fingerprint density at radius 3 is 3.22 bits per heavy atom. The number of nitrogens with zero attached hydrogens (tertiary/aromatic N) is 5. The van der Waals surface area contributed by atoms with Gasteiger partial charge in [0.15, 0.2) is 5.65 Å². The lowest BCUT2D eigenvalue weighted by Crippen LogP contribution is -2.33. The van der Waals surface area contributed by atoms with Crippen LogP contribution in [0, 0.1) is 4.77 Å². The molecule has 23 heavy (non-hydrogen) atoms. The molecule has 0 aromatic carbocycles. The topological polar surface area (TPSA) is 72.5 Å². The van der Waals surface area contributed by atoms with Crippen LogP contribution in [0.15, 0.2) is 6.33 Å². The van der Waals surface area contributed by atoms with Crippen LogP contribution in [0.4, 0.5) is 0 Å². The fourth-order valence-corrected chi connectivity index (χ4v) is 4.76. The number of rotatable bonds is 1. The maximum absolute atomic E-state index is 6.10. The van der Waals surface area contributed by atoms with Crippen LogP contribution in [0.2, 0.25) is 0 Å². The zero-order valence-electron chi connectivity index (χ0n) is 12.7. The molecule has 0 saturated heterocycles. The van der Waals surface area contributed by atoms with Gasteiger partial charge in [0.05, 0.1) is 17.6 Å². The normalized spacial score (nSPS) is 21.5. The minimum Gasteiger partial charge on any atom is -0.369 e. The molecule has 0 fully saturated rings. The van der Waals surface area contributed by atoms with Crippen molar-refractivity contribution in [1.82, 2.24) is 29.2 Å². The molecule has 4 aromatic rings. The highest BCUT2D eigenvalue weighted by molar-refractivity contribution is 7.71. The van der Waals surface area contributed by atoms with E-state index in [0.29, 0.717) is 17.2 Å². The fourth-order valence-electron chi connectivity index (χ4n) is 3.25. The molecule has 1 atom stereocenters. The van der Waals surface area contributed by atoms with Gasteiger partial charge in [0, 0.05) is 11.3 Å². The van der Waals surface area contributed by atoms with Crippen molar-refractivity contribution in [3.63, 3.8) is 0 Å². The van der Waals surface area contributed by atoms with Gasteiger partial charge in [-0.25, -0.2) is 14.5 Å². The van der Waals surface area contributed by atoms with Crippen molar-refractivity contribution >= 4 is 45.2 Å². The monoisotopic (exact) mass is 346 g/mol. The first-order chi connectivity index (χ1) is 11.1. The Kier molecular flexibility index (Phi) is 2.58. The van der Waals surface area contributed by atoms with Crippen LogP contribution >= 0.6 is 23.6 Å². The largest absolute Gasteiger partial charge is 0.369 e. The minimum atomic E-state index is -0.134. The third-order valence-electron chi connectivity index (χ3n) is 4.74. The van der Waals surface area contributed by atoms with Crippen LogP contribution in [-0.2, 0) is 17.8 Å². The molecule has 1 N–H and O–H groups in total. The zero-order valence-corrected chi connectivity index (χ0v) is 14.3. The summed E-state index contributed by atoms with van der Waals surface area (Å²) in [5.74, 6) is 0.660. The number of H-pyrrole nitrogens is 1. The van der Waals surface area contributed by atoms with Gasteiger partial charge < -0.3 is 4.74 Å². The van der Waals surface area contributed by atoms with Crippen molar-refractivity contribution < 1.29 is 4.74 Å². The van der Waals surface area contributed by atoms with Crippen LogP contribution in [0.1, 0.15) is 30.7 Å². The van der Waals surface area contributed by atoms with Crippen molar-refractivity contribution in [1.29, 1.82) is 0 Å². The maximum atomic E-state index is 6.10. The first-order valence-corrected chi connectivity index (χ1v) is 8.71. The highest BCUT2D eigenvalue weighted by Crippen LogP contribution is 2.41. The molecule has 0 amide bonds. The van der Waals surface area contributed by atoms with Gasteiger partial charge in [-0.15, -0.1) is 16.4 Å².